The summed E-state index contributed by atoms with van der Waals surface area (Å²) in [5, 5.41) is 2.37. The predicted octanol–water partition coefficient (Wildman–Crippen LogP) is 11.0. The maximum Gasteiger partial charge on any atom is 0.140 e. The Labute approximate surface area is 289 Å². The molecule has 0 amide bonds. The molecule has 0 aliphatic carbocycles. The number of allylic oxidation sites excluding steroid dienone is 2. The summed E-state index contributed by atoms with van der Waals surface area (Å²) in [5.74, 6) is 2.54. The van der Waals surface area contributed by atoms with Gasteiger partial charge in [0, 0.05) is 46.7 Å². The normalized spacial score (nSPS) is 15.7. The Morgan fingerprint density at radius 2 is 1.47 bits per heavy atom. The van der Waals surface area contributed by atoms with E-state index in [-0.39, 0.29) is 11.6 Å². The van der Waals surface area contributed by atoms with Crippen molar-refractivity contribution in [2.75, 3.05) is 4.90 Å². The number of aryl methyl sites for hydroxylation is 4. The second-order valence-electron chi connectivity index (χ2n) is 14.5. The molecular formula is C44H42N4O. The lowest BCUT2D eigenvalue weighted by molar-refractivity contribution is 0.468. The standard InChI is InChI=1S/C44H42N4O/c1-28-21-31(4)43(45-26-28)48-38-16-9-8-15-36(38)37-19-18-34(25-39(37)48)49-35-23-32(22-33(24-35)44(5,6)7)40-27-47(41-17-10-11-20-46(40)41)42-29(2)13-12-14-30(42)3/h8-27,41H,1-7H3. The van der Waals surface area contributed by atoms with Crippen LogP contribution < -0.4 is 9.64 Å². The number of fused-ring (bicyclic) bond motifs is 4. The van der Waals surface area contributed by atoms with Crippen molar-refractivity contribution in [1.82, 2.24) is 14.5 Å². The lowest BCUT2D eigenvalue weighted by atomic mass is 9.85. The van der Waals surface area contributed by atoms with Gasteiger partial charge in [0.25, 0.3) is 0 Å². The lowest BCUT2D eigenvalue weighted by Crippen LogP contribution is -2.36. The van der Waals surface area contributed by atoms with Crippen LogP contribution in [0, 0.1) is 27.7 Å². The second kappa shape index (κ2) is 11.6. The summed E-state index contributed by atoms with van der Waals surface area (Å²) in [6.07, 6.45) is 13.0. The molecule has 6 aromatic rings. The van der Waals surface area contributed by atoms with Gasteiger partial charge < -0.3 is 14.5 Å². The summed E-state index contributed by atoms with van der Waals surface area (Å²) < 4.78 is 9.09. The summed E-state index contributed by atoms with van der Waals surface area (Å²) in [6.45, 7) is 15.4. The molecule has 1 unspecified atom stereocenters. The molecule has 2 aliphatic heterocycles. The number of nitrogens with zero attached hydrogens (tertiary/aromatic N) is 4. The largest absolute Gasteiger partial charge is 0.457 e. The van der Waals surface area contributed by atoms with Gasteiger partial charge in [-0.3, -0.25) is 4.57 Å². The molecule has 0 saturated heterocycles. The number of hydrogen-bond acceptors (Lipinski definition) is 4. The Bertz CT molecular complexity index is 2350. The van der Waals surface area contributed by atoms with E-state index >= 15 is 0 Å². The Balaban J connectivity index is 1.25. The number of benzene rings is 4. The van der Waals surface area contributed by atoms with E-state index in [1.807, 2.05) is 6.20 Å². The van der Waals surface area contributed by atoms with Crippen LogP contribution in [0.3, 0.4) is 0 Å². The third-order valence-electron chi connectivity index (χ3n) is 9.80. The van der Waals surface area contributed by atoms with Gasteiger partial charge in [-0.25, -0.2) is 4.98 Å². The van der Waals surface area contributed by atoms with Gasteiger partial charge in [-0.05, 0) is 109 Å². The number of pyridine rings is 1. The summed E-state index contributed by atoms with van der Waals surface area (Å²) >= 11 is 0. The van der Waals surface area contributed by atoms with Crippen molar-refractivity contribution in [1.29, 1.82) is 0 Å². The Kier molecular flexibility index (Phi) is 7.25. The van der Waals surface area contributed by atoms with Gasteiger partial charge in [0.1, 0.15) is 23.5 Å². The van der Waals surface area contributed by atoms with Crippen molar-refractivity contribution in [2.24, 2.45) is 0 Å². The fraction of sp³-hybridized carbons (Fsp3) is 0.205. The van der Waals surface area contributed by atoms with Crippen LogP contribution in [0.4, 0.5) is 5.69 Å². The van der Waals surface area contributed by atoms with Crippen molar-refractivity contribution in [3.8, 4) is 17.3 Å². The minimum absolute atomic E-state index is 0.0608. The molecule has 1 atom stereocenters. The fourth-order valence-corrected chi connectivity index (χ4v) is 7.40. The predicted molar refractivity (Wildman–Crippen MR) is 204 cm³/mol. The van der Waals surface area contributed by atoms with Gasteiger partial charge >= 0.3 is 0 Å². The van der Waals surface area contributed by atoms with E-state index in [9.17, 15) is 0 Å². The average Bonchev–Trinajstić information content (AvgIpc) is 3.60. The molecule has 5 heteroatoms. The third kappa shape index (κ3) is 5.30. The molecule has 8 rings (SSSR count). The molecule has 2 aromatic heterocycles. The van der Waals surface area contributed by atoms with Crippen molar-refractivity contribution in [3.63, 3.8) is 0 Å². The Morgan fingerprint density at radius 3 is 2.24 bits per heavy atom. The minimum atomic E-state index is -0.0817. The van der Waals surface area contributed by atoms with Crippen LogP contribution in [0.15, 0.2) is 122 Å². The number of ether oxygens (including phenoxy) is 1. The van der Waals surface area contributed by atoms with Gasteiger partial charge in [0.2, 0.25) is 0 Å². The Morgan fingerprint density at radius 1 is 0.694 bits per heavy atom. The van der Waals surface area contributed by atoms with Crippen LogP contribution in [0.2, 0.25) is 0 Å². The van der Waals surface area contributed by atoms with Crippen LogP contribution in [0.1, 0.15) is 54.2 Å². The molecule has 0 radical (unpaired) electrons. The molecule has 2 aliphatic rings. The zero-order valence-electron chi connectivity index (χ0n) is 29.3. The van der Waals surface area contributed by atoms with Crippen LogP contribution in [0.25, 0.3) is 33.3 Å². The summed E-state index contributed by atoms with van der Waals surface area (Å²) in [6, 6.07) is 30.4. The van der Waals surface area contributed by atoms with E-state index in [0.717, 1.165) is 50.7 Å². The first kappa shape index (κ1) is 30.8. The van der Waals surface area contributed by atoms with Crippen LogP contribution >= 0.6 is 0 Å². The fourth-order valence-electron chi connectivity index (χ4n) is 7.40. The maximum atomic E-state index is 6.82. The zero-order valence-corrected chi connectivity index (χ0v) is 29.3. The van der Waals surface area contributed by atoms with Crippen molar-refractivity contribution in [3.05, 3.63) is 155 Å². The topological polar surface area (TPSA) is 33.5 Å². The summed E-state index contributed by atoms with van der Waals surface area (Å²) in [4.78, 5) is 9.66. The number of para-hydroxylation sites is 2. The number of anilines is 1. The van der Waals surface area contributed by atoms with Crippen molar-refractivity contribution >= 4 is 33.2 Å². The quantitative estimate of drug-likeness (QED) is 0.187. The van der Waals surface area contributed by atoms with Crippen molar-refractivity contribution < 1.29 is 4.74 Å². The molecule has 0 bridgehead atoms. The minimum Gasteiger partial charge on any atom is -0.457 e. The van der Waals surface area contributed by atoms with E-state index in [1.54, 1.807) is 0 Å². The summed E-state index contributed by atoms with van der Waals surface area (Å²) in [5.41, 5.74) is 11.7. The smallest absolute Gasteiger partial charge is 0.140 e. The van der Waals surface area contributed by atoms with E-state index in [0.29, 0.717) is 0 Å². The van der Waals surface area contributed by atoms with Gasteiger partial charge in [-0.2, -0.15) is 0 Å². The second-order valence-corrected chi connectivity index (χ2v) is 14.5. The highest BCUT2D eigenvalue weighted by atomic mass is 16.5. The van der Waals surface area contributed by atoms with Gasteiger partial charge in [-0.1, -0.05) is 69.3 Å². The highest BCUT2D eigenvalue weighted by Gasteiger charge is 2.34. The molecule has 49 heavy (non-hydrogen) atoms. The van der Waals surface area contributed by atoms with Crippen molar-refractivity contribution in [2.45, 2.75) is 60.0 Å². The first-order valence-corrected chi connectivity index (χ1v) is 17.1. The molecule has 0 N–H and O–H groups in total. The number of hydrogen-bond donors (Lipinski definition) is 0. The molecule has 0 fully saturated rings. The highest BCUT2D eigenvalue weighted by molar-refractivity contribution is 6.09. The third-order valence-corrected chi connectivity index (χ3v) is 9.80. The SMILES string of the molecule is Cc1cnc(-n2c3ccccc3c3ccc(Oc4cc(C5=CN(c6c(C)cccc6C)C6C=CC=CN56)cc(C(C)(C)C)c4)cc32)c(C)c1. The first-order valence-electron chi connectivity index (χ1n) is 17.1. The van der Waals surface area contributed by atoms with Gasteiger partial charge in [-0.15, -0.1) is 0 Å². The first-order chi connectivity index (χ1) is 23.6. The van der Waals surface area contributed by atoms with E-state index in [4.69, 9.17) is 9.72 Å². The zero-order chi connectivity index (χ0) is 34.0. The van der Waals surface area contributed by atoms with Gasteiger partial charge in [0.05, 0.1) is 16.7 Å². The van der Waals surface area contributed by atoms with Crippen LogP contribution in [-0.4, -0.2) is 20.6 Å². The molecular weight excluding hydrogens is 601 g/mol. The van der Waals surface area contributed by atoms with E-state index < -0.39 is 0 Å². The van der Waals surface area contributed by atoms with E-state index in [2.05, 4.69) is 178 Å². The number of aromatic nitrogens is 2. The molecule has 4 heterocycles. The molecule has 244 valence electrons. The monoisotopic (exact) mass is 642 g/mol. The Hall–Kier alpha value is -5.55. The van der Waals surface area contributed by atoms with E-state index in [1.165, 1.54) is 33.2 Å². The molecule has 5 nitrogen and oxygen atoms in total. The number of rotatable bonds is 5. The highest BCUT2D eigenvalue weighted by Crippen LogP contribution is 2.42. The summed E-state index contributed by atoms with van der Waals surface area (Å²) in [7, 11) is 0. The maximum absolute atomic E-state index is 6.82. The lowest BCUT2D eigenvalue weighted by Gasteiger charge is -2.33. The van der Waals surface area contributed by atoms with Crippen LogP contribution in [0.5, 0.6) is 11.5 Å². The molecule has 0 saturated carbocycles. The molecule has 4 aromatic carbocycles. The van der Waals surface area contributed by atoms with Gasteiger partial charge in [0.15, 0.2) is 0 Å². The molecule has 0 spiro atoms. The van der Waals surface area contributed by atoms with Crippen LogP contribution in [-0.2, 0) is 5.41 Å². The average molecular weight is 643 g/mol.